The monoisotopic (exact) mass is 303 g/mol. The first kappa shape index (κ1) is 16.5. The van der Waals surface area contributed by atoms with Gasteiger partial charge in [-0.2, -0.15) is 0 Å². The fraction of sp³-hybridized carbons (Fsp3) is 0.529. The lowest BCUT2D eigenvalue weighted by Crippen LogP contribution is -2.31. The van der Waals surface area contributed by atoms with E-state index in [2.05, 4.69) is 22.9 Å². The molecule has 0 spiro atoms. The Morgan fingerprint density at radius 1 is 1.23 bits per heavy atom. The summed E-state index contributed by atoms with van der Waals surface area (Å²) in [7, 11) is 0. The quantitative estimate of drug-likeness (QED) is 0.668. The molecule has 0 aliphatic carbocycles. The Morgan fingerprint density at radius 2 is 2.00 bits per heavy atom. The van der Waals surface area contributed by atoms with Crippen molar-refractivity contribution in [2.45, 2.75) is 32.7 Å². The van der Waals surface area contributed by atoms with Crippen LogP contribution in [-0.4, -0.2) is 31.4 Å². The van der Waals surface area contributed by atoms with Gasteiger partial charge in [-0.15, -0.1) is 0 Å². The molecule has 1 aromatic carbocycles. The molecule has 1 fully saturated rings. The number of nitrogens with one attached hydrogen (secondary N) is 3. The van der Waals surface area contributed by atoms with Gasteiger partial charge in [-0.1, -0.05) is 25.5 Å². The average Bonchev–Trinajstić information content (AvgIpc) is 3.08. The molecule has 0 radical (unpaired) electrons. The molecule has 0 saturated carbocycles. The molecule has 3 N–H and O–H groups in total. The molecule has 1 unspecified atom stereocenters. The molecular formula is C17H25N3O2. The summed E-state index contributed by atoms with van der Waals surface area (Å²) in [5.41, 5.74) is 1.66. The molecule has 2 amide bonds. The Hall–Kier alpha value is -1.88. The third-order valence-electron chi connectivity index (χ3n) is 3.93. The van der Waals surface area contributed by atoms with Gasteiger partial charge in [-0.25, -0.2) is 0 Å². The van der Waals surface area contributed by atoms with Gasteiger partial charge in [-0.3, -0.25) is 9.59 Å². The minimum Gasteiger partial charge on any atom is -0.352 e. The van der Waals surface area contributed by atoms with Gasteiger partial charge in [0.2, 0.25) is 5.91 Å². The standard InChI is InChI=1S/C17H25N3O2/c1-2-3-9-19-16(21)14-6-4-13(5-7-14)11-20-17(22)15-8-10-18-12-15/h4-7,15,18H,2-3,8-12H2,1H3,(H,19,21)(H,20,22). The van der Waals surface area contributed by atoms with E-state index in [1.165, 1.54) is 0 Å². The maximum absolute atomic E-state index is 11.9. The number of amides is 2. The van der Waals surface area contributed by atoms with Crippen LogP contribution < -0.4 is 16.0 Å². The Kier molecular flexibility index (Phi) is 6.40. The minimum absolute atomic E-state index is 0.0407. The van der Waals surface area contributed by atoms with Gasteiger partial charge in [0.25, 0.3) is 5.91 Å². The van der Waals surface area contributed by atoms with Crippen LogP contribution in [0.2, 0.25) is 0 Å². The molecule has 22 heavy (non-hydrogen) atoms. The Morgan fingerprint density at radius 3 is 2.64 bits per heavy atom. The van der Waals surface area contributed by atoms with Gasteiger partial charge in [-0.05, 0) is 37.1 Å². The van der Waals surface area contributed by atoms with E-state index >= 15 is 0 Å². The van der Waals surface area contributed by atoms with Crippen LogP contribution in [0, 0.1) is 5.92 Å². The molecule has 2 rings (SSSR count). The normalized spacial score (nSPS) is 17.2. The fourth-order valence-electron chi connectivity index (χ4n) is 2.47. The highest BCUT2D eigenvalue weighted by Gasteiger charge is 2.21. The van der Waals surface area contributed by atoms with E-state index in [0.29, 0.717) is 18.7 Å². The largest absolute Gasteiger partial charge is 0.352 e. The average molecular weight is 303 g/mol. The van der Waals surface area contributed by atoms with Crippen LogP contribution in [0.4, 0.5) is 0 Å². The lowest BCUT2D eigenvalue weighted by Gasteiger charge is -2.10. The van der Waals surface area contributed by atoms with Crippen LogP contribution in [-0.2, 0) is 11.3 Å². The van der Waals surface area contributed by atoms with Gasteiger partial charge in [0.15, 0.2) is 0 Å². The van der Waals surface area contributed by atoms with E-state index in [1.807, 2.05) is 12.1 Å². The zero-order valence-corrected chi connectivity index (χ0v) is 13.2. The molecular weight excluding hydrogens is 278 g/mol. The van der Waals surface area contributed by atoms with E-state index in [0.717, 1.165) is 37.9 Å². The zero-order valence-electron chi connectivity index (χ0n) is 13.2. The van der Waals surface area contributed by atoms with Gasteiger partial charge in [0.05, 0.1) is 5.92 Å². The van der Waals surface area contributed by atoms with Crippen molar-refractivity contribution < 1.29 is 9.59 Å². The Bertz CT molecular complexity index is 493. The highest BCUT2D eigenvalue weighted by molar-refractivity contribution is 5.94. The lowest BCUT2D eigenvalue weighted by atomic mass is 10.1. The van der Waals surface area contributed by atoms with Gasteiger partial charge in [0, 0.05) is 25.2 Å². The first-order chi connectivity index (χ1) is 10.7. The van der Waals surface area contributed by atoms with Gasteiger partial charge in [0.1, 0.15) is 0 Å². The molecule has 5 heteroatoms. The van der Waals surface area contributed by atoms with Crippen molar-refractivity contribution >= 4 is 11.8 Å². The molecule has 120 valence electrons. The first-order valence-corrected chi connectivity index (χ1v) is 8.06. The van der Waals surface area contributed by atoms with Crippen LogP contribution >= 0.6 is 0 Å². The second-order valence-electron chi connectivity index (χ2n) is 5.71. The predicted molar refractivity (Wildman–Crippen MR) is 86.5 cm³/mol. The first-order valence-electron chi connectivity index (χ1n) is 8.06. The molecule has 1 aliphatic heterocycles. The third-order valence-corrected chi connectivity index (χ3v) is 3.93. The van der Waals surface area contributed by atoms with Crippen LogP contribution in [0.1, 0.15) is 42.1 Å². The summed E-state index contributed by atoms with van der Waals surface area (Å²) in [6.07, 6.45) is 2.96. The summed E-state index contributed by atoms with van der Waals surface area (Å²) < 4.78 is 0. The molecule has 0 bridgehead atoms. The van der Waals surface area contributed by atoms with Crippen molar-refractivity contribution in [2.24, 2.45) is 5.92 Å². The van der Waals surface area contributed by atoms with E-state index < -0.39 is 0 Å². The topological polar surface area (TPSA) is 70.2 Å². The van der Waals surface area contributed by atoms with Crippen molar-refractivity contribution in [1.82, 2.24) is 16.0 Å². The Balaban J connectivity index is 1.78. The fourth-order valence-corrected chi connectivity index (χ4v) is 2.47. The van der Waals surface area contributed by atoms with Crippen LogP contribution in [0.25, 0.3) is 0 Å². The maximum atomic E-state index is 11.9. The van der Waals surface area contributed by atoms with Crippen LogP contribution in [0.15, 0.2) is 24.3 Å². The van der Waals surface area contributed by atoms with Crippen LogP contribution in [0.5, 0.6) is 0 Å². The SMILES string of the molecule is CCCCNC(=O)c1ccc(CNC(=O)C2CCNC2)cc1. The lowest BCUT2D eigenvalue weighted by molar-refractivity contribution is -0.124. The smallest absolute Gasteiger partial charge is 0.251 e. The number of carbonyl (C=O) groups excluding carboxylic acids is 2. The Labute approximate surface area is 131 Å². The molecule has 1 saturated heterocycles. The third kappa shape index (κ3) is 4.84. The van der Waals surface area contributed by atoms with E-state index in [9.17, 15) is 9.59 Å². The number of carbonyl (C=O) groups is 2. The minimum atomic E-state index is -0.0407. The summed E-state index contributed by atoms with van der Waals surface area (Å²) in [6.45, 7) is 5.00. The highest BCUT2D eigenvalue weighted by Crippen LogP contribution is 2.09. The molecule has 1 aliphatic rings. The highest BCUT2D eigenvalue weighted by atomic mass is 16.2. The van der Waals surface area contributed by atoms with Gasteiger partial charge < -0.3 is 16.0 Å². The molecule has 5 nitrogen and oxygen atoms in total. The summed E-state index contributed by atoms with van der Waals surface area (Å²) in [5, 5.41) is 9.03. The maximum Gasteiger partial charge on any atom is 0.251 e. The van der Waals surface area contributed by atoms with Crippen molar-refractivity contribution in [3.05, 3.63) is 35.4 Å². The summed E-state index contributed by atoms with van der Waals surface area (Å²) >= 11 is 0. The van der Waals surface area contributed by atoms with Crippen molar-refractivity contribution in [3.63, 3.8) is 0 Å². The number of benzene rings is 1. The van der Waals surface area contributed by atoms with Crippen molar-refractivity contribution in [1.29, 1.82) is 0 Å². The van der Waals surface area contributed by atoms with Crippen molar-refractivity contribution in [2.75, 3.05) is 19.6 Å². The summed E-state index contributed by atoms with van der Waals surface area (Å²) in [4.78, 5) is 23.8. The second kappa shape index (κ2) is 8.54. The summed E-state index contributed by atoms with van der Waals surface area (Å²) in [6, 6.07) is 7.39. The molecule has 1 aromatic rings. The summed E-state index contributed by atoms with van der Waals surface area (Å²) in [5.74, 6) is 0.149. The van der Waals surface area contributed by atoms with E-state index in [-0.39, 0.29) is 17.7 Å². The van der Waals surface area contributed by atoms with Gasteiger partial charge >= 0.3 is 0 Å². The van der Waals surface area contributed by atoms with E-state index in [1.54, 1.807) is 12.1 Å². The number of hydrogen-bond acceptors (Lipinski definition) is 3. The van der Waals surface area contributed by atoms with Crippen LogP contribution in [0.3, 0.4) is 0 Å². The zero-order chi connectivity index (χ0) is 15.8. The number of rotatable bonds is 7. The molecule has 0 aromatic heterocycles. The number of unbranched alkanes of at least 4 members (excludes halogenated alkanes) is 1. The van der Waals surface area contributed by atoms with Crippen molar-refractivity contribution in [3.8, 4) is 0 Å². The molecule has 1 heterocycles. The van der Waals surface area contributed by atoms with E-state index in [4.69, 9.17) is 0 Å². The number of hydrogen-bond donors (Lipinski definition) is 3. The second-order valence-corrected chi connectivity index (χ2v) is 5.71. The predicted octanol–water partition coefficient (Wildman–Crippen LogP) is 1.44. The molecule has 1 atom stereocenters.